The Morgan fingerprint density at radius 1 is 1.57 bits per heavy atom. The second-order valence-corrected chi connectivity index (χ2v) is 3.98. The summed E-state index contributed by atoms with van der Waals surface area (Å²) in [5.74, 6) is 0.790. The first-order valence-corrected chi connectivity index (χ1v) is 5.25. The lowest BCUT2D eigenvalue weighted by Gasteiger charge is -2.11. The molecule has 0 aliphatic heterocycles. The first-order valence-electron chi connectivity index (χ1n) is 4.37. The molecule has 14 heavy (non-hydrogen) atoms. The van der Waals surface area contributed by atoms with E-state index in [0.717, 1.165) is 16.0 Å². The van der Waals surface area contributed by atoms with Crippen molar-refractivity contribution in [2.24, 2.45) is 0 Å². The smallest absolute Gasteiger partial charge is 0.138 e. The Labute approximate surface area is 85.6 Å². The number of nitrogens with one attached hydrogen (secondary N) is 1. The van der Waals surface area contributed by atoms with Gasteiger partial charge in [-0.15, -0.1) is 11.3 Å². The first kappa shape index (κ1) is 9.36. The minimum Gasteiger partial charge on any atom is -0.394 e. The Morgan fingerprint density at radius 2 is 2.43 bits per heavy atom. The van der Waals surface area contributed by atoms with E-state index in [1.807, 2.05) is 18.4 Å². The van der Waals surface area contributed by atoms with Crippen LogP contribution in [0.1, 0.15) is 6.92 Å². The van der Waals surface area contributed by atoms with Crippen molar-refractivity contribution >= 4 is 27.4 Å². The molecule has 1 unspecified atom stereocenters. The first-order chi connectivity index (χ1) is 6.81. The Bertz CT molecular complexity index is 429. The molecule has 2 aromatic heterocycles. The molecule has 0 saturated heterocycles. The third-order valence-corrected chi connectivity index (χ3v) is 2.74. The van der Waals surface area contributed by atoms with Crippen molar-refractivity contribution in [2.75, 3.05) is 11.9 Å². The number of aliphatic hydroxyl groups is 1. The number of thiophene rings is 1. The number of rotatable bonds is 3. The van der Waals surface area contributed by atoms with Gasteiger partial charge in [-0.1, -0.05) is 0 Å². The van der Waals surface area contributed by atoms with Gasteiger partial charge in [-0.3, -0.25) is 0 Å². The minimum atomic E-state index is 0.00741. The number of hydrogen-bond acceptors (Lipinski definition) is 5. The van der Waals surface area contributed by atoms with Crippen LogP contribution >= 0.6 is 11.3 Å². The van der Waals surface area contributed by atoms with Gasteiger partial charge in [-0.05, 0) is 18.4 Å². The number of fused-ring (bicyclic) bond motifs is 1. The summed E-state index contributed by atoms with van der Waals surface area (Å²) in [6, 6.07) is 1.99. The SMILES string of the molecule is CC(CO)Nc1ncnc2sccc12. The monoisotopic (exact) mass is 209 g/mol. The molecule has 74 valence electrons. The van der Waals surface area contributed by atoms with Crippen LogP contribution in [-0.4, -0.2) is 27.7 Å². The summed E-state index contributed by atoms with van der Waals surface area (Å²) in [7, 11) is 0. The van der Waals surface area contributed by atoms with E-state index in [-0.39, 0.29) is 12.6 Å². The molecule has 0 fully saturated rings. The highest BCUT2D eigenvalue weighted by Gasteiger charge is 2.06. The van der Waals surface area contributed by atoms with Crippen LogP contribution in [-0.2, 0) is 0 Å². The molecule has 0 aliphatic rings. The number of aromatic nitrogens is 2. The summed E-state index contributed by atoms with van der Waals surface area (Å²) >= 11 is 1.58. The Hall–Kier alpha value is -1.20. The summed E-state index contributed by atoms with van der Waals surface area (Å²) in [5, 5.41) is 15.0. The largest absolute Gasteiger partial charge is 0.394 e. The molecule has 5 heteroatoms. The van der Waals surface area contributed by atoms with Gasteiger partial charge in [0.05, 0.1) is 12.0 Å². The van der Waals surface area contributed by atoms with Gasteiger partial charge in [-0.2, -0.15) is 0 Å². The van der Waals surface area contributed by atoms with E-state index in [0.29, 0.717) is 0 Å². The number of anilines is 1. The van der Waals surface area contributed by atoms with Crippen molar-refractivity contribution in [1.29, 1.82) is 0 Å². The van der Waals surface area contributed by atoms with Crippen LogP contribution in [0, 0.1) is 0 Å². The Morgan fingerprint density at radius 3 is 3.21 bits per heavy atom. The fourth-order valence-electron chi connectivity index (χ4n) is 1.18. The van der Waals surface area contributed by atoms with Crippen molar-refractivity contribution in [3.8, 4) is 0 Å². The van der Waals surface area contributed by atoms with E-state index in [2.05, 4.69) is 15.3 Å². The highest BCUT2D eigenvalue weighted by atomic mass is 32.1. The third-order valence-electron chi connectivity index (χ3n) is 1.92. The summed E-state index contributed by atoms with van der Waals surface area (Å²) in [6.45, 7) is 2.00. The quantitative estimate of drug-likeness (QED) is 0.804. The normalized spacial score (nSPS) is 13.0. The zero-order chi connectivity index (χ0) is 9.97. The fourth-order valence-corrected chi connectivity index (χ4v) is 1.92. The van der Waals surface area contributed by atoms with Crippen LogP contribution in [0.3, 0.4) is 0 Å². The average Bonchev–Trinajstić information content (AvgIpc) is 2.66. The highest BCUT2D eigenvalue weighted by Crippen LogP contribution is 2.23. The molecule has 0 bridgehead atoms. The van der Waals surface area contributed by atoms with Gasteiger partial charge in [0, 0.05) is 6.04 Å². The molecular weight excluding hydrogens is 198 g/mol. The van der Waals surface area contributed by atoms with Gasteiger partial charge in [0.2, 0.25) is 0 Å². The molecular formula is C9H11N3OS. The predicted molar refractivity (Wildman–Crippen MR) is 57.6 cm³/mol. The van der Waals surface area contributed by atoms with Crippen molar-refractivity contribution in [3.05, 3.63) is 17.8 Å². The Balaban J connectivity index is 2.36. The Kier molecular flexibility index (Phi) is 2.60. The van der Waals surface area contributed by atoms with Crippen molar-refractivity contribution in [2.45, 2.75) is 13.0 Å². The maximum atomic E-state index is 8.92. The number of hydrogen-bond donors (Lipinski definition) is 2. The van der Waals surface area contributed by atoms with Gasteiger partial charge in [0.25, 0.3) is 0 Å². The van der Waals surface area contributed by atoms with E-state index in [1.165, 1.54) is 6.33 Å². The fraction of sp³-hybridized carbons (Fsp3) is 0.333. The molecule has 2 N–H and O–H groups in total. The molecule has 0 aromatic carbocycles. The van der Waals surface area contributed by atoms with Crippen LogP contribution in [0.5, 0.6) is 0 Å². The summed E-state index contributed by atoms with van der Waals surface area (Å²) < 4.78 is 0. The molecule has 0 spiro atoms. The van der Waals surface area contributed by atoms with E-state index in [9.17, 15) is 0 Å². The predicted octanol–water partition coefficient (Wildman–Crippen LogP) is 1.48. The zero-order valence-corrected chi connectivity index (χ0v) is 8.58. The second kappa shape index (κ2) is 3.89. The van der Waals surface area contributed by atoms with Crippen molar-refractivity contribution in [3.63, 3.8) is 0 Å². The molecule has 2 aromatic rings. The molecule has 4 nitrogen and oxygen atoms in total. The van der Waals surface area contributed by atoms with Gasteiger partial charge >= 0.3 is 0 Å². The van der Waals surface area contributed by atoms with Crippen LogP contribution in [0.25, 0.3) is 10.2 Å². The topological polar surface area (TPSA) is 58.0 Å². The summed E-state index contributed by atoms with van der Waals surface area (Å²) in [5.41, 5.74) is 0. The maximum absolute atomic E-state index is 8.92. The lowest BCUT2D eigenvalue weighted by atomic mass is 10.3. The molecule has 0 saturated carbocycles. The standard InChI is InChI=1S/C9H11N3OS/c1-6(4-13)12-8-7-2-3-14-9(7)11-5-10-8/h2-3,5-6,13H,4H2,1H3,(H,10,11,12). The summed E-state index contributed by atoms with van der Waals surface area (Å²) in [6.07, 6.45) is 1.53. The van der Waals surface area contributed by atoms with Crippen LogP contribution < -0.4 is 5.32 Å². The highest BCUT2D eigenvalue weighted by molar-refractivity contribution is 7.16. The van der Waals surface area contributed by atoms with Gasteiger partial charge < -0.3 is 10.4 Å². The van der Waals surface area contributed by atoms with Crippen molar-refractivity contribution in [1.82, 2.24) is 9.97 Å². The lowest BCUT2D eigenvalue weighted by Crippen LogP contribution is -2.20. The van der Waals surface area contributed by atoms with Crippen LogP contribution in [0.2, 0.25) is 0 Å². The third kappa shape index (κ3) is 1.69. The molecule has 0 aliphatic carbocycles. The number of nitrogens with zero attached hydrogens (tertiary/aromatic N) is 2. The molecule has 2 rings (SSSR count). The maximum Gasteiger partial charge on any atom is 0.138 e. The summed E-state index contributed by atoms with van der Waals surface area (Å²) in [4.78, 5) is 9.25. The lowest BCUT2D eigenvalue weighted by molar-refractivity contribution is 0.281. The van der Waals surface area contributed by atoms with Gasteiger partial charge in [0.1, 0.15) is 17.0 Å². The van der Waals surface area contributed by atoms with Crippen LogP contribution in [0.4, 0.5) is 5.82 Å². The van der Waals surface area contributed by atoms with Crippen molar-refractivity contribution < 1.29 is 5.11 Å². The zero-order valence-electron chi connectivity index (χ0n) is 7.77. The average molecular weight is 209 g/mol. The van der Waals surface area contributed by atoms with E-state index in [1.54, 1.807) is 11.3 Å². The molecule has 2 heterocycles. The van der Waals surface area contributed by atoms with Crippen LogP contribution in [0.15, 0.2) is 17.8 Å². The van der Waals surface area contributed by atoms with E-state index < -0.39 is 0 Å². The van der Waals surface area contributed by atoms with E-state index in [4.69, 9.17) is 5.11 Å². The van der Waals surface area contributed by atoms with Gasteiger partial charge in [-0.25, -0.2) is 9.97 Å². The molecule has 1 atom stereocenters. The molecule has 0 radical (unpaired) electrons. The minimum absolute atomic E-state index is 0.00741. The number of aliphatic hydroxyl groups excluding tert-OH is 1. The van der Waals surface area contributed by atoms with E-state index >= 15 is 0 Å². The van der Waals surface area contributed by atoms with Gasteiger partial charge in [0.15, 0.2) is 0 Å². The molecule has 0 amide bonds. The second-order valence-electron chi connectivity index (χ2n) is 3.09.